The molecular weight excluding hydrogens is 495 g/mol. The quantitative estimate of drug-likeness (QED) is 0.0656. The standard InChI is InChI=1S/C32H68BrP/c1-5-9-13-17-19-23-27-31-34(33,29-25-21-15-11-7-3,30-26-22-16-12-8-4)32-28-24-20-18-14-10-6-2/h5-32H2,1-4H3. The van der Waals surface area contributed by atoms with Gasteiger partial charge in [0, 0.05) is 0 Å². The molecule has 0 unspecified atom stereocenters. The van der Waals surface area contributed by atoms with Crippen LogP contribution in [0.5, 0.6) is 0 Å². The first-order chi connectivity index (χ1) is 16.5. The van der Waals surface area contributed by atoms with E-state index in [0.717, 1.165) is 0 Å². The van der Waals surface area contributed by atoms with E-state index in [1.807, 2.05) is 0 Å². The van der Waals surface area contributed by atoms with Crippen LogP contribution in [0.15, 0.2) is 0 Å². The molecule has 0 spiro atoms. The van der Waals surface area contributed by atoms with Gasteiger partial charge in [-0.05, 0) is 0 Å². The number of hydrogen-bond donors (Lipinski definition) is 0. The van der Waals surface area contributed by atoms with Crippen LogP contribution in [-0.4, -0.2) is 24.6 Å². The Kier molecular flexibility index (Phi) is 24.9. The maximum atomic E-state index is 4.75. The van der Waals surface area contributed by atoms with Gasteiger partial charge >= 0.3 is 227 Å². The Morgan fingerprint density at radius 1 is 0.294 bits per heavy atom. The van der Waals surface area contributed by atoms with E-state index in [2.05, 4.69) is 27.7 Å². The van der Waals surface area contributed by atoms with Crippen LogP contribution in [0.25, 0.3) is 0 Å². The van der Waals surface area contributed by atoms with Crippen molar-refractivity contribution in [3.05, 3.63) is 0 Å². The Morgan fingerprint density at radius 3 is 0.676 bits per heavy atom. The molecule has 0 aromatic carbocycles. The van der Waals surface area contributed by atoms with Crippen LogP contribution < -0.4 is 0 Å². The Bertz CT molecular complexity index is 372. The molecule has 0 aromatic heterocycles. The third-order valence-corrected chi connectivity index (χ3v) is 18.3. The summed E-state index contributed by atoms with van der Waals surface area (Å²) in [7, 11) is 0. The SMILES string of the molecule is CCCCCCCCCP(Br)(CCCCCCC)(CCCCCCC)CCCCCCCCC. The molecule has 0 radical (unpaired) electrons. The fourth-order valence-electron chi connectivity index (χ4n) is 5.82. The third-order valence-electron chi connectivity index (χ3n) is 8.28. The molecule has 0 nitrogen and oxygen atoms in total. The fraction of sp³-hybridized carbons (Fsp3) is 1.00. The molecule has 0 saturated carbocycles. The van der Waals surface area contributed by atoms with Gasteiger partial charge in [0.1, 0.15) is 0 Å². The van der Waals surface area contributed by atoms with Gasteiger partial charge in [0.15, 0.2) is 0 Å². The van der Waals surface area contributed by atoms with E-state index in [1.165, 1.54) is 154 Å². The van der Waals surface area contributed by atoms with Crippen molar-refractivity contribution in [3.63, 3.8) is 0 Å². The maximum absolute atomic E-state index is 4.75. The summed E-state index contributed by atoms with van der Waals surface area (Å²) in [6.45, 7) is 9.36. The second kappa shape index (κ2) is 24.3. The van der Waals surface area contributed by atoms with E-state index < -0.39 is 5.31 Å². The number of halogens is 1. The molecule has 0 aliphatic heterocycles. The van der Waals surface area contributed by atoms with E-state index in [1.54, 1.807) is 24.6 Å². The minimum absolute atomic E-state index is 1.37. The van der Waals surface area contributed by atoms with Crippen LogP contribution in [0.1, 0.15) is 182 Å². The zero-order valence-corrected chi connectivity index (χ0v) is 27.1. The molecule has 0 fully saturated rings. The molecule has 0 bridgehead atoms. The molecule has 208 valence electrons. The zero-order valence-electron chi connectivity index (χ0n) is 24.6. The molecule has 0 N–H and O–H groups in total. The van der Waals surface area contributed by atoms with E-state index in [9.17, 15) is 0 Å². The normalized spacial score (nSPS) is 13.3. The molecular formula is C32H68BrP. The van der Waals surface area contributed by atoms with Crippen LogP contribution >= 0.6 is 20.8 Å². The van der Waals surface area contributed by atoms with Crippen LogP contribution in [0.3, 0.4) is 0 Å². The zero-order chi connectivity index (χ0) is 25.2. The first kappa shape index (κ1) is 34.9. The molecule has 0 saturated heterocycles. The van der Waals surface area contributed by atoms with Crippen LogP contribution in [-0.2, 0) is 0 Å². The molecule has 0 aliphatic rings. The first-order valence-corrected chi connectivity index (χ1v) is 21.3. The molecule has 0 amide bonds. The summed E-state index contributed by atoms with van der Waals surface area (Å²) in [5, 5.41) is -1.75. The summed E-state index contributed by atoms with van der Waals surface area (Å²) < 4.78 is 0. The van der Waals surface area contributed by atoms with Crippen LogP contribution in [0.4, 0.5) is 0 Å². The molecule has 0 heterocycles. The van der Waals surface area contributed by atoms with Crippen molar-refractivity contribution in [3.8, 4) is 0 Å². The summed E-state index contributed by atoms with van der Waals surface area (Å²) in [6.07, 6.45) is 41.0. The minimum atomic E-state index is -1.75. The average Bonchev–Trinajstić information content (AvgIpc) is 2.83. The van der Waals surface area contributed by atoms with Gasteiger partial charge in [-0.15, -0.1) is 0 Å². The van der Waals surface area contributed by atoms with Crippen molar-refractivity contribution >= 4 is 20.8 Å². The Balaban J connectivity index is 4.96. The number of rotatable bonds is 28. The topological polar surface area (TPSA) is 0 Å². The fourth-order valence-corrected chi connectivity index (χ4v) is 14.2. The second-order valence-electron chi connectivity index (χ2n) is 11.8. The van der Waals surface area contributed by atoms with E-state index in [0.29, 0.717) is 0 Å². The van der Waals surface area contributed by atoms with Gasteiger partial charge in [0.25, 0.3) is 0 Å². The van der Waals surface area contributed by atoms with Crippen molar-refractivity contribution in [2.75, 3.05) is 24.6 Å². The van der Waals surface area contributed by atoms with Crippen LogP contribution in [0, 0.1) is 0 Å². The van der Waals surface area contributed by atoms with E-state index in [4.69, 9.17) is 15.5 Å². The van der Waals surface area contributed by atoms with Gasteiger partial charge in [-0.25, -0.2) is 0 Å². The summed E-state index contributed by atoms with van der Waals surface area (Å²) >= 11 is 4.75. The molecule has 0 atom stereocenters. The Labute approximate surface area is 226 Å². The molecule has 34 heavy (non-hydrogen) atoms. The first-order valence-electron chi connectivity index (χ1n) is 16.3. The van der Waals surface area contributed by atoms with Gasteiger partial charge in [-0.2, -0.15) is 0 Å². The summed E-state index contributed by atoms with van der Waals surface area (Å²) in [4.78, 5) is 0. The predicted molar refractivity (Wildman–Crippen MR) is 169 cm³/mol. The third kappa shape index (κ3) is 20.0. The van der Waals surface area contributed by atoms with Crippen LogP contribution in [0.2, 0.25) is 0 Å². The van der Waals surface area contributed by atoms with Crippen molar-refractivity contribution in [1.29, 1.82) is 0 Å². The number of hydrogen-bond acceptors (Lipinski definition) is 0. The predicted octanol–water partition coefficient (Wildman–Crippen LogP) is 13.3. The van der Waals surface area contributed by atoms with Crippen molar-refractivity contribution in [2.45, 2.75) is 182 Å². The van der Waals surface area contributed by atoms with Gasteiger partial charge in [-0.1, -0.05) is 0 Å². The van der Waals surface area contributed by atoms with Crippen molar-refractivity contribution < 1.29 is 0 Å². The van der Waals surface area contributed by atoms with E-state index in [-0.39, 0.29) is 0 Å². The van der Waals surface area contributed by atoms with Gasteiger partial charge in [0.2, 0.25) is 0 Å². The van der Waals surface area contributed by atoms with Gasteiger partial charge in [0.05, 0.1) is 0 Å². The monoisotopic (exact) mass is 562 g/mol. The summed E-state index contributed by atoms with van der Waals surface area (Å²) in [5.41, 5.74) is 0. The Hall–Kier alpha value is 0.910. The molecule has 0 aliphatic carbocycles. The van der Waals surface area contributed by atoms with Gasteiger partial charge < -0.3 is 0 Å². The number of unbranched alkanes of at least 4 members (excludes halogenated alkanes) is 20. The summed E-state index contributed by atoms with van der Waals surface area (Å²) in [6, 6.07) is 0. The molecule has 0 rings (SSSR count). The van der Waals surface area contributed by atoms with Gasteiger partial charge in [-0.3, -0.25) is 0 Å². The molecule has 2 heteroatoms. The Morgan fingerprint density at radius 2 is 0.471 bits per heavy atom. The second-order valence-corrected chi connectivity index (χ2v) is 23.2. The van der Waals surface area contributed by atoms with Crippen molar-refractivity contribution in [2.24, 2.45) is 0 Å². The summed E-state index contributed by atoms with van der Waals surface area (Å²) in [5.74, 6) is 0. The average molecular weight is 564 g/mol. The van der Waals surface area contributed by atoms with Crippen molar-refractivity contribution in [1.82, 2.24) is 0 Å². The molecule has 0 aromatic rings. The van der Waals surface area contributed by atoms with E-state index >= 15 is 0 Å².